The Labute approximate surface area is 239 Å². The van der Waals surface area contributed by atoms with E-state index in [0.29, 0.717) is 27.4 Å². The predicted molar refractivity (Wildman–Crippen MR) is 151 cm³/mol. The van der Waals surface area contributed by atoms with Crippen molar-refractivity contribution in [2.24, 2.45) is 0 Å². The Morgan fingerprint density at radius 2 is 1.17 bits per heavy atom. The number of nitrogens with zero attached hydrogens (tertiary/aromatic N) is 2. The minimum atomic E-state index is -2.44. The Kier molecular flexibility index (Phi) is 8.41. The van der Waals surface area contributed by atoms with Crippen LogP contribution < -0.4 is 50.2 Å². The van der Waals surface area contributed by atoms with Crippen LogP contribution in [0.5, 0.6) is 0 Å². The fraction of sp³-hybridized carbons (Fsp3) is 0.0690. The topological polar surface area (TPSA) is 29.3 Å². The number of hydrogen-bond acceptors (Lipinski definition) is 3. The molecule has 0 saturated carbocycles. The van der Waals surface area contributed by atoms with Crippen LogP contribution in [0, 0.1) is 0 Å². The highest BCUT2D eigenvalue weighted by Crippen LogP contribution is 2.56. The summed E-state index contributed by atoms with van der Waals surface area (Å²) in [4.78, 5) is 7.19. The first kappa shape index (κ1) is 26.7. The van der Waals surface area contributed by atoms with Crippen molar-refractivity contribution in [3.05, 3.63) is 119 Å². The molecule has 1 heterocycles. The molecule has 5 rings (SSSR count). The minimum absolute atomic E-state index is 0. The van der Waals surface area contributed by atoms with E-state index < -0.39 is 7.26 Å². The maximum atomic E-state index is 6.58. The van der Waals surface area contributed by atoms with Gasteiger partial charge < -0.3 is 33.3 Å². The van der Waals surface area contributed by atoms with Gasteiger partial charge in [0, 0.05) is 19.1 Å². The van der Waals surface area contributed by atoms with E-state index >= 15 is 0 Å². The third-order valence-corrected chi connectivity index (χ3v) is 10.6. The zero-order valence-electron chi connectivity index (χ0n) is 19.8. The van der Waals surface area contributed by atoms with Crippen molar-refractivity contribution < 1.29 is 28.4 Å². The Balaban J connectivity index is 0.00000304. The average Bonchev–Trinajstić information content (AvgIpc) is 3.32. The molecule has 36 heavy (non-hydrogen) atoms. The summed E-state index contributed by atoms with van der Waals surface area (Å²) in [6.07, 6.45) is 0. The van der Waals surface area contributed by atoms with Gasteiger partial charge in [-0.05, 0) is 54.6 Å². The standard InChI is InChI=1S/C29H24Cl2N2OP.HI/c1-33(2)29-28(32-27(34-29)25-19-18-21(30)20-26(25)31)35(22-12-6-3-7-13-22,23-14-8-4-9-15-23)24-16-10-5-11-17-24;/h3-20H,1-2H3;1H/q+1;/p-1. The van der Waals surface area contributed by atoms with Crippen molar-refractivity contribution in [2.75, 3.05) is 19.0 Å². The van der Waals surface area contributed by atoms with Crippen LogP contribution in [0.3, 0.4) is 0 Å². The van der Waals surface area contributed by atoms with Gasteiger partial charge in [0.2, 0.25) is 5.89 Å². The van der Waals surface area contributed by atoms with E-state index in [1.807, 2.05) is 43.3 Å². The van der Waals surface area contributed by atoms with Crippen LogP contribution in [-0.4, -0.2) is 19.1 Å². The molecular formula is C29H24Cl2IN2OP. The van der Waals surface area contributed by atoms with E-state index in [1.54, 1.807) is 12.1 Å². The highest BCUT2D eigenvalue weighted by molar-refractivity contribution is 8.01. The fourth-order valence-corrected chi connectivity index (χ4v) is 9.11. The number of anilines is 1. The summed E-state index contributed by atoms with van der Waals surface area (Å²) in [6.45, 7) is 0. The van der Waals surface area contributed by atoms with Crippen LogP contribution >= 0.6 is 30.5 Å². The van der Waals surface area contributed by atoms with Gasteiger partial charge >= 0.3 is 0 Å². The van der Waals surface area contributed by atoms with E-state index in [9.17, 15) is 0 Å². The first-order chi connectivity index (χ1) is 17.0. The summed E-state index contributed by atoms with van der Waals surface area (Å²) >= 11 is 12.7. The van der Waals surface area contributed by atoms with E-state index in [-0.39, 0.29) is 24.0 Å². The SMILES string of the molecule is CN(C)c1oc(-c2ccc(Cl)cc2Cl)nc1[P+](c1ccccc1)(c1ccccc1)c1ccccc1.[I-]. The summed E-state index contributed by atoms with van der Waals surface area (Å²) in [6, 6.07) is 37.2. The highest BCUT2D eigenvalue weighted by atomic mass is 127. The molecule has 7 heteroatoms. The summed E-state index contributed by atoms with van der Waals surface area (Å²) in [5, 5.41) is 4.66. The molecule has 5 aromatic rings. The number of benzene rings is 4. The molecule has 0 spiro atoms. The molecule has 0 amide bonds. The van der Waals surface area contributed by atoms with Crippen molar-refractivity contribution in [1.29, 1.82) is 0 Å². The first-order valence-electron chi connectivity index (χ1n) is 11.2. The normalized spacial score (nSPS) is 11.1. The van der Waals surface area contributed by atoms with Crippen molar-refractivity contribution in [1.82, 2.24) is 4.98 Å². The summed E-state index contributed by atoms with van der Waals surface area (Å²) in [5.74, 6) is 1.17. The van der Waals surface area contributed by atoms with E-state index in [0.717, 1.165) is 5.44 Å². The van der Waals surface area contributed by atoms with Crippen LogP contribution in [0.4, 0.5) is 5.88 Å². The second-order valence-electron chi connectivity index (χ2n) is 8.34. The first-order valence-corrected chi connectivity index (χ1v) is 13.8. The zero-order chi connectivity index (χ0) is 24.4. The van der Waals surface area contributed by atoms with Gasteiger partial charge in [-0.3, -0.25) is 0 Å². The van der Waals surface area contributed by atoms with Gasteiger partial charge in [0.05, 0.1) is 10.6 Å². The van der Waals surface area contributed by atoms with Gasteiger partial charge in [-0.25, -0.2) is 0 Å². The van der Waals surface area contributed by atoms with Crippen LogP contribution in [-0.2, 0) is 0 Å². The molecule has 182 valence electrons. The molecule has 0 atom stereocenters. The molecule has 0 unspecified atom stereocenters. The molecule has 0 N–H and O–H groups in total. The highest BCUT2D eigenvalue weighted by Gasteiger charge is 2.53. The molecule has 0 aliphatic rings. The molecule has 3 nitrogen and oxygen atoms in total. The second-order valence-corrected chi connectivity index (χ2v) is 12.5. The van der Waals surface area contributed by atoms with Crippen molar-refractivity contribution >= 4 is 57.7 Å². The van der Waals surface area contributed by atoms with Crippen molar-refractivity contribution in [3.63, 3.8) is 0 Å². The summed E-state index contributed by atoms with van der Waals surface area (Å²) in [5.41, 5.74) is 1.60. The van der Waals surface area contributed by atoms with Crippen molar-refractivity contribution in [2.45, 2.75) is 0 Å². The zero-order valence-corrected chi connectivity index (χ0v) is 24.3. The molecule has 1 aromatic heterocycles. The molecular weight excluding hydrogens is 621 g/mol. The Morgan fingerprint density at radius 1 is 0.694 bits per heavy atom. The van der Waals surface area contributed by atoms with Gasteiger partial charge in [-0.15, -0.1) is 0 Å². The third-order valence-electron chi connectivity index (χ3n) is 5.91. The van der Waals surface area contributed by atoms with Gasteiger partial charge in [0.1, 0.15) is 15.9 Å². The largest absolute Gasteiger partial charge is 1.00 e. The summed E-state index contributed by atoms with van der Waals surface area (Å²) < 4.78 is 6.47. The van der Waals surface area contributed by atoms with Gasteiger partial charge in [-0.1, -0.05) is 77.8 Å². The number of halogens is 3. The van der Waals surface area contributed by atoms with Gasteiger partial charge in [0.25, 0.3) is 11.3 Å². The lowest BCUT2D eigenvalue weighted by molar-refractivity contribution is -0.00000720. The quantitative estimate of drug-likeness (QED) is 0.210. The number of hydrogen-bond donors (Lipinski definition) is 0. The van der Waals surface area contributed by atoms with Crippen LogP contribution in [0.25, 0.3) is 11.5 Å². The third kappa shape index (κ3) is 4.80. The molecule has 0 fully saturated rings. The molecule has 0 saturated heterocycles. The molecule has 0 bridgehead atoms. The maximum absolute atomic E-state index is 6.58. The lowest BCUT2D eigenvalue weighted by Crippen LogP contribution is -3.00. The van der Waals surface area contributed by atoms with E-state index in [4.69, 9.17) is 32.6 Å². The smallest absolute Gasteiger partial charge is 0.262 e. The Hall–Kier alpha value is -2.37. The van der Waals surface area contributed by atoms with Crippen molar-refractivity contribution in [3.8, 4) is 11.5 Å². The molecule has 0 aliphatic carbocycles. The van der Waals surface area contributed by atoms with Gasteiger partial charge in [0.15, 0.2) is 7.26 Å². The Morgan fingerprint density at radius 3 is 1.58 bits per heavy atom. The summed E-state index contributed by atoms with van der Waals surface area (Å²) in [7, 11) is 1.52. The Bertz CT molecular complexity index is 1350. The molecule has 0 aliphatic heterocycles. The fourth-order valence-electron chi connectivity index (χ4n) is 4.36. The van der Waals surface area contributed by atoms with E-state index in [2.05, 4.69) is 72.8 Å². The lowest BCUT2D eigenvalue weighted by atomic mass is 10.2. The predicted octanol–water partition coefficient (Wildman–Crippen LogP) is 3.34. The average molecular weight is 645 g/mol. The lowest BCUT2D eigenvalue weighted by Gasteiger charge is -2.26. The second kappa shape index (κ2) is 11.4. The number of oxazole rings is 1. The minimum Gasteiger partial charge on any atom is -1.00 e. The van der Waals surface area contributed by atoms with E-state index in [1.165, 1.54) is 15.9 Å². The number of rotatable bonds is 6. The molecule has 0 radical (unpaired) electrons. The van der Waals surface area contributed by atoms with Crippen LogP contribution in [0.1, 0.15) is 0 Å². The molecule has 4 aromatic carbocycles. The monoisotopic (exact) mass is 644 g/mol. The number of aromatic nitrogens is 1. The maximum Gasteiger partial charge on any atom is 0.262 e. The van der Waals surface area contributed by atoms with Gasteiger partial charge in [-0.2, -0.15) is 4.98 Å². The van der Waals surface area contributed by atoms with Crippen LogP contribution in [0.2, 0.25) is 10.0 Å². The van der Waals surface area contributed by atoms with Crippen LogP contribution in [0.15, 0.2) is 114 Å².